The van der Waals surface area contributed by atoms with Gasteiger partial charge in [-0.15, -0.1) is 0 Å². The summed E-state index contributed by atoms with van der Waals surface area (Å²) in [6.45, 7) is 2.76. The molecule has 4 rings (SSSR count). The Bertz CT molecular complexity index is 953. The molecule has 31 heavy (non-hydrogen) atoms. The summed E-state index contributed by atoms with van der Waals surface area (Å²) in [7, 11) is 0. The summed E-state index contributed by atoms with van der Waals surface area (Å²) in [5.41, 5.74) is 1.97. The van der Waals surface area contributed by atoms with Crippen LogP contribution in [0.4, 0.5) is 0 Å². The minimum absolute atomic E-state index is 0.0807. The molecule has 0 radical (unpaired) electrons. The monoisotopic (exact) mass is 439 g/mol. The maximum absolute atomic E-state index is 12.5. The van der Waals surface area contributed by atoms with Gasteiger partial charge in [0.05, 0.1) is 17.2 Å². The maximum Gasteiger partial charge on any atom is 0.261 e. The van der Waals surface area contributed by atoms with Crippen LogP contribution < -0.4 is 5.32 Å². The molecule has 0 aliphatic carbocycles. The van der Waals surface area contributed by atoms with Crippen molar-refractivity contribution in [2.45, 2.75) is 31.7 Å². The van der Waals surface area contributed by atoms with Gasteiger partial charge in [-0.05, 0) is 62.2 Å². The molecule has 7 heteroatoms. The second-order valence-electron chi connectivity index (χ2n) is 8.03. The fourth-order valence-electron chi connectivity index (χ4n) is 4.36. The number of imide groups is 1. The summed E-state index contributed by atoms with van der Waals surface area (Å²) < 4.78 is 0. The van der Waals surface area contributed by atoms with E-state index in [4.69, 9.17) is 11.6 Å². The van der Waals surface area contributed by atoms with E-state index in [2.05, 4.69) is 10.2 Å². The molecule has 1 saturated heterocycles. The Balaban J connectivity index is 1.29. The Labute approximate surface area is 187 Å². The predicted octanol–water partition coefficient (Wildman–Crippen LogP) is 3.67. The van der Waals surface area contributed by atoms with Crippen molar-refractivity contribution in [3.8, 4) is 0 Å². The lowest BCUT2D eigenvalue weighted by atomic mass is 10.1. The molecule has 1 N–H and O–H groups in total. The lowest BCUT2D eigenvalue weighted by molar-refractivity contribution is -0.121. The molecule has 6 nitrogen and oxygen atoms in total. The van der Waals surface area contributed by atoms with E-state index in [0.717, 1.165) is 31.5 Å². The average Bonchev–Trinajstić information content (AvgIpc) is 3.38. The molecule has 162 valence electrons. The van der Waals surface area contributed by atoms with Crippen LogP contribution in [0.1, 0.15) is 58.0 Å². The van der Waals surface area contributed by atoms with E-state index in [1.807, 2.05) is 24.3 Å². The van der Waals surface area contributed by atoms with Crippen LogP contribution in [-0.2, 0) is 4.79 Å². The maximum atomic E-state index is 12.5. The third-order valence-corrected chi connectivity index (χ3v) is 6.21. The van der Waals surface area contributed by atoms with Crippen LogP contribution in [-0.4, -0.2) is 53.7 Å². The summed E-state index contributed by atoms with van der Waals surface area (Å²) in [5.74, 6) is -0.644. The lowest BCUT2D eigenvalue weighted by Crippen LogP contribution is -2.37. The first-order valence-electron chi connectivity index (χ1n) is 10.8. The van der Waals surface area contributed by atoms with E-state index in [9.17, 15) is 14.4 Å². The number of carbonyl (C=O) groups is 3. The van der Waals surface area contributed by atoms with Crippen molar-refractivity contribution in [3.05, 3.63) is 70.2 Å². The van der Waals surface area contributed by atoms with Crippen LogP contribution in [0.15, 0.2) is 48.5 Å². The number of carbonyl (C=O) groups excluding carboxylic acids is 3. The van der Waals surface area contributed by atoms with E-state index in [1.54, 1.807) is 24.3 Å². The van der Waals surface area contributed by atoms with E-state index in [-0.39, 0.29) is 36.7 Å². The highest BCUT2D eigenvalue weighted by atomic mass is 35.5. The van der Waals surface area contributed by atoms with Gasteiger partial charge in [-0.2, -0.15) is 0 Å². The van der Waals surface area contributed by atoms with Gasteiger partial charge < -0.3 is 5.32 Å². The lowest BCUT2D eigenvalue weighted by Gasteiger charge is -2.28. The molecular weight excluding hydrogens is 414 g/mol. The predicted molar refractivity (Wildman–Crippen MR) is 119 cm³/mol. The molecule has 2 aliphatic rings. The van der Waals surface area contributed by atoms with E-state index >= 15 is 0 Å². The number of nitrogens with zero attached hydrogens (tertiary/aromatic N) is 2. The smallest absolute Gasteiger partial charge is 0.261 e. The molecule has 2 aromatic rings. The fourth-order valence-corrected chi connectivity index (χ4v) is 4.56. The summed E-state index contributed by atoms with van der Waals surface area (Å²) in [6.07, 6.45) is 3.01. The first-order valence-corrected chi connectivity index (χ1v) is 11.1. The number of amides is 3. The van der Waals surface area contributed by atoms with Crippen LogP contribution in [0, 0.1) is 0 Å². The molecule has 1 fully saturated rings. The highest BCUT2D eigenvalue weighted by molar-refractivity contribution is 6.30. The molecule has 2 aliphatic heterocycles. The first kappa shape index (κ1) is 21.5. The van der Waals surface area contributed by atoms with Gasteiger partial charge in [0.2, 0.25) is 5.91 Å². The number of likely N-dealkylation sites (tertiary alicyclic amines) is 1. The Morgan fingerprint density at radius 2 is 1.68 bits per heavy atom. The Morgan fingerprint density at radius 3 is 2.32 bits per heavy atom. The summed E-state index contributed by atoms with van der Waals surface area (Å²) in [5, 5.41) is 3.72. The van der Waals surface area contributed by atoms with Gasteiger partial charge in [-0.1, -0.05) is 35.9 Å². The van der Waals surface area contributed by atoms with E-state index < -0.39 is 0 Å². The molecule has 0 saturated carbocycles. The highest BCUT2D eigenvalue weighted by Crippen LogP contribution is 2.27. The van der Waals surface area contributed by atoms with Crippen molar-refractivity contribution in [1.82, 2.24) is 15.1 Å². The van der Waals surface area contributed by atoms with Gasteiger partial charge >= 0.3 is 0 Å². The van der Waals surface area contributed by atoms with Crippen LogP contribution in [0.2, 0.25) is 5.02 Å². The van der Waals surface area contributed by atoms with Crippen molar-refractivity contribution >= 4 is 29.3 Å². The Hall–Kier alpha value is -2.70. The third kappa shape index (κ3) is 4.81. The topological polar surface area (TPSA) is 69.7 Å². The van der Waals surface area contributed by atoms with Crippen molar-refractivity contribution < 1.29 is 14.4 Å². The van der Waals surface area contributed by atoms with Crippen LogP contribution in [0.3, 0.4) is 0 Å². The van der Waals surface area contributed by atoms with Gasteiger partial charge in [0.1, 0.15) is 0 Å². The summed E-state index contributed by atoms with van der Waals surface area (Å²) >= 11 is 6.18. The second kappa shape index (κ2) is 9.62. The molecule has 0 spiro atoms. The zero-order valence-corrected chi connectivity index (χ0v) is 18.1. The molecular formula is C24H26ClN3O3. The fraction of sp³-hybridized carbons (Fsp3) is 0.375. The number of hydrogen-bond acceptors (Lipinski definition) is 4. The van der Waals surface area contributed by atoms with Crippen LogP contribution in [0.5, 0.6) is 0 Å². The zero-order valence-electron chi connectivity index (χ0n) is 17.4. The number of halogens is 1. The largest absolute Gasteiger partial charge is 0.354 e. The van der Waals surface area contributed by atoms with Crippen molar-refractivity contribution in [3.63, 3.8) is 0 Å². The van der Waals surface area contributed by atoms with Crippen molar-refractivity contribution in [2.75, 3.05) is 26.2 Å². The normalized spacial score (nSPS) is 17.1. The molecule has 1 atom stereocenters. The quantitative estimate of drug-likeness (QED) is 0.637. The minimum atomic E-state index is -0.281. The molecule has 2 aromatic carbocycles. The standard InChI is InChI=1S/C24H26ClN3O3/c25-18-8-5-7-17(15-18)21(27-12-3-4-13-27)16-26-22(29)11-6-14-28-23(30)19-9-1-2-10-20(19)24(28)31/h1-2,5,7-10,15,21H,3-4,6,11-14,16H2,(H,26,29). The molecule has 3 amide bonds. The average molecular weight is 440 g/mol. The molecule has 0 aromatic heterocycles. The van der Waals surface area contributed by atoms with Crippen LogP contribution >= 0.6 is 11.6 Å². The van der Waals surface area contributed by atoms with E-state index in [1.165, 1.54) is 4.90 Å². The van der Waals surface area contributed by atoms with Crippen molar-refractivity contribution in [2.24, 2.45) is 0 Å². The molecule has 1 unspecified atom stereocenters. The van der Waals surface area contributed by atoms with Crippen LogP contribution in [0.25, 0.3) is 0 Å². The number of fused-ring (bicyclic) bond motifs is 1. The van der Waals surface area contributed by atoms with Gasteiger partial charge in [0, 0.05) is 24.5 Å². The number of rotatable bonds is 8. The number of hydrogen-bond donors (Lipinski definition) is 1. The number of nitrogens with one attached hydrogen (secondary N) is 1. The minimum Gasteiger partial charge on any atom is -0.354 e. The molecule has 0 bridgehead atoms. The first-order chi connectivity index (χ1) is 15.0. The summed E-state index contributed by atoms with van der Waals surface area (Å²) in [4.78, 5) is 40.9. The zero-order chi connectivity index (χ0) is 21.8. The summed E-state index contributed by atoms with van der Waals surface area (Å²) in [6, 6.07) is 14.7. The van der Waals surface area contributed by atoms with Gasteiger partial charge in [-0.3, -0.25) is 24.2 Å². The van der Waals surface area contributed by atoms with Gasteiger partial charge in [-0.25, -0.2) is 0 Å². The molecule has 2 heterocycles. The number of benzene rings is 2. The Morgan fingerprint density at radius 1 is 1.00 bits per heavy atom. The SMILES string of the molecule is O=C(CCCN1C(=O)c2ccccc2C1=O)NCC(c1cccc(Cl)c1)N1CCCC1. The van der Waals surface area contributed by atoms with Crippen molar-refractivity contribution in [1.29, 1.82) is 0 Å². The van der Waals surface area contributed by atoms with Gasteiger partial charge in [0.25, 0.3) is 11.8 Å². The Kier molecular flexibility index (Phi) is 6.68. The second-order valence-corrected chi connectivity index (χ2v) is 8.47. The third-order valence-electron chi connectivity index (χ3n) is 5.97. The highest BCUT2D eigenvalue weighted by Gasteiger charge is 2.34. The van der Waals surface area contributed by atoms with Gasteiger partial charge in [0.15, 0.2) is 0 Å². The van der Waals surface area contributed by atoms with E-state index in [0.29, 0.717) is 29.1 Å².